The molecule has 4 nitrogen and oxygen atoms in total. The van der Waals surface area contributed by atoms with Crippen molar-refractivity contribution in [3.8, 4) is 11.4 Å². The molecule has 0 saturated heterocycles. The Bertz CT molecular complexity index is 427. The zero-order valence-corrected chi connectivity index (χ0v) is 6.55. The molecule has 0 radical (unpaired) electrons. The van der Waals surface area contributed by atoms with Crippen molar-refractivity contribution in [3.05, 3.63) is 36.7 Å². The van der Waals surface area contributed by atoms with Crippen LogP contribution in [0.4, 0.5) is 4.39 Å². The Morgan fingerprint density at radius 3 is 2.77 bits per heavy atom. The number of hydrogen-bond acceptors (Lipinski definition) is 3. The van der Waals surface area contributed by atoms with Crippen molar-refractivity contribution in [3.63, 3.8) is 0 Å². The Kier molecular flexibility index (Phi) is 1.70. The topological polar surface area (TPSA) is 50.9 Å². The fourth-order valence-corrected chi connectivity index (χ4v) is 0.983. The van der Waals surface area contributed by atoms with Crippen LogP contribution in [0.3, 0.4) is 0 Å². The van der Waals surface area contributed by atoms with Gasteiger partial charge in [0.25, 0.3) is 0 Å². The Hall–Kier alpha value is -1.91. The van der Waals surface area contributed by atoms with Crippen molar-refractivity contribution in [2.45, 2.75) is 0 Å². The molecule has 0 spiro atoms. The van der Waals surface area contributed by atoms with Gasteiger partial charge >= 0.3 is 0 Å². The largest absolute Gasteiger partial charge is 0.506 e. The van der Waals surface area contributed by atoms with Crippen LogP contribution >= 0.6 is 0 Å². The quantitative estimate of drug-likeness (QED) is 0.713. The van der Waals surface area contributed by atoms with Crippen molar-refractivity contribution >= 4 is 0 Å². The van der Waals surface area contributed by atoms with Gasteiger partial charge in [-0.3, -0.25) is 4.98 Å². The SMILES string of the molecule is Oc1cncc(-n2cc(F)cn2)c1. The first-order chi connectivity index (χ1) is 6.25. The molecule has 66 valence electrons. The van der Waals surface area contributed by atoms with Gasteiger partial charge in [-0.15, -0.1) is 0 Å². The molecule has 5 heteroatoms. The minimum absolute atomic E-state index is 0.0217. The molecule has 0 aliphatic heterocycles. The van der Waals surface area contributed by atoms with E-state index in [1.165, 1.54) is 29.3 Å². The lowest BCUT2D eigenvalue weighted by Gasteiger charge is -1.99. The molecule has 0 unspecified atom stereocenters. The minimum atomic E-state index is -0.427. The predicted molar refractivity (Wildman–Crippen MR) is 43.0 cm³/mol. The Labute approximate surface area is 73.3 Å². The van der Waals surface area contributed by atoms with E-state index in [2.05, 4.69) is 10.1 Å². The number of aromatic hydroxyl groups is 1. The zero-order chi connectivity index (χ0) is 9.26. The van der Waals surface area contributed by atoms with Crippen LogP contribution in [-0.2, 0) is 0 Å². The van der Waals surface area contributed by atoms with Gasteiger partial charge in [0.1, 0.15) is 5.75 Å². The maximum absolute atomic E-state index is 12.5. The fraction of sp³-hybridized carbons (Fsp3) is 0. The van der Waals surface area contributed by atoms with E-state index in [-0.39, 0.29) is 5.75 Å². The van der Waals surface area contributed by atoms with Gasteiger partial charge in [-0.1, -0.05) is 0 Å². The molecule has 0 saturated carbocycles. The summed E-state index contributed by atoms with van der Waals surface area (Å²) in [7, 11) is 0. The summed E-state index contributed by atoms with van der Waals surface area (Å²) in [6.45, 7) is 0. The summed E-state index contributed by atoms with van der Waals surface area (Å²) >= 11 is 0. The first kappa shape index (κ1) is 7.72. The molecule has 0 fully saturated rings. The summed E-state index contributed by atoms with van der Waals surface area (Å²) in [5.74, 6) is -0.406. The standard InChI is InChI=1S/C8H6FN3O/c9-6-2-11-12(5-6)7-1-8(13)4-10-3-7/h1-5,13H. The third kappa shape index (κ3) is 1.48. The van der Waals surface area contributed by atoms with Gasteiger partial charge in [0.05, 0.1) is 30.5 Å². The van der Waals surface area contributed by atoms with Gasteiger partial charge in [-0.2, -0.15) is 5.10 Å². The van der Waals surface area contributed by atoms with Gasteiger partial charge in [0.15, 0.2) is 5.82 Å². The molecule has 0 aromatic carbocycles. The monoisotopic (exact) mass is 179 g/mol. The number of nitrogens with zero attached hydrogens (tertiary/aromatic N) is 3. The summed E-state index contributed by atoms with van der Waals surface area (Å²) < 4.78 is 13.8. The van der Waals surface area contributed by atoms with Gasteiger partial charge in [0, 0.05) is 6.07 Å². The summed E-state index contributed by atoms with van der Waals surface area (Å²) in [6, 6.07) is 1.44. The number of rotatable bonds is 1. The van der Waals surface area contributed by atoms with E-state index in [4.69, 9.17) is 5.11 Å². The van der Waals surface area contributed by atoms with E-state index in [0.717, 1.165) is 6.20 Å². The molecule has 1 N–H and O–H groups in total. The zero-order valence-electron chi connectivity index (χ0n) is 6.55. The third-order valence-corrected chi connectivity index (χ3v) is 1.53. The van der Waals surface area contributed by atoms with Gasteiger partial charge < -0.3 is 5.11 Å². The highest BCUT2D eigenvalue weighted by atomic mass is 19.1. The first-order valence-corrected chi connectivity index (χ1v) is 3.60. The molecular weight excluding hydrogens is 173 g/mol. The summed E-state index contributed by atoms with van der Waals surface area (Å²) in [5, 5.41) is 12.8. The van der Waals surface area contributed by atoms with Crippen LogP contribution in [0.5, 0.6) is 5.75 Å². The summed E-state index contributed by atoms with van der Waals surface area (Å²) in [4.78, 5) is 3.74. The molecule has 0 amide bonds. The lowest BCUT2D eigenvalue weighted by atomic mass is 10.4. The Balaban J connectivity index is 2.46. The van der Waals surface area contributed by atoms with Crippen LogP contribution in [-0.4, -0.2) is 19.9 Å². The maximum atomic E-state index is 12.5. The molecule has 2 heterocycles. The smallest absolute Gasteiger partial charge is 0.161 e. The van der Waals surface area contributed by atoms with Gasteiger partial charge in [-0.05, 0) is 0 Å². The summed E-state index contributed by atoms with van der Waals surface area (Å²) in [6.07, 6.45) is 5.07. The Morgan fingerprint density at radius 2 is 2.15 bits per heavy atom. The highest BCUT2D eigenvalue weighted by Gasteiger charge is 2.00. The lowest BCUT2D eigenvalue weighted by molar-refractivity contribution is 0.472. The molecular formula is C8H6FN3O. The number of aromatic nitrogens is 3. The van der Waals surface area contributed by atoms with E-state index < -0.39 is 5.82 Å². The third-order valence-electron chi connectivity index (χ3n) is 1.53. The average Bonchev–Trinajstić information content (AvgIpc) is 2.52. The summed E-state index contributed by atoms with van der Waals surface area (Å²) in [5.41, 5.74) is 0.518. The molecule has 0 bridgehead atoms. The van der Waals surface area contributed by atoms with Crippen LogP contribution in [0, 0.1) is 5.82 Å². The highest BCUT2D eigenvalue weighted by Crippen LogP contribution is 2.12. The molecule has 0 atom stereocenters. The Morgan fingerprint density at radius 1 is 1.31 bits per heavy atom. The minimum Gasteiger partial charge on any atom is -0.506 e. The molecule has 2 aromatic rings. The van der Waals surface area contributed by atoms with Crippen LogP contribution in [0.2, 0.25) is 0 Å². The van der Waals surface area contributed by atoms with E-state index in [0.29, 0.717) is 5.69 Å². The van der Waals surface area contributed by atoms with Crippen LogP contribution in [0.25, 0.3) is 5.69 Å². The second kappa shape index (κ2) is 2.85. The van der Waals surface area contributed by atoms with E-state index in [1.807, 2.05) is 0 Å². The fourth-order valence-electron chi connectivity index (χ4n) is 0.983. The number of hydrogen-bond donors (Lipinski definition) is 1. The van der Waals surface area contributed by atoms with Crippen molar-refractivity contribution < 1.29 is 9.50 Å². The van der Waals surface area contributed by atoms with Gasteiger partial charge in [-0.25, -0.2) is 9.07 Å². The van der Waals surface area contributed by atoms with E-state index in [9.17, 15) is 4.39 Å². The molecule has 0 aliphatic rings. The average molecular weight is 179 g/mol. The maximum Gasteiger partial charge on any atom is 0.161 e. The van der Waals surface area contributed by atoms with E-state index in [1.54, 1.807) is 0 Å². The van der Waals surface area contributed by atoms with Crippen molar-refractivity contribution in [2.75, 3.05) is 0 Å². The van der Waals surface area contributed by atoms with Crippen LogP contribution < -0.4 is 0 Å². The van der Waals surface area contributed by atoms with Crippen molar-refractivity contribution in [1.82, 2.24) is 14.8 Å². The van der Waals surface area contributed by atoms with Crippen LogP contribution in [0.15, 0.2) is 30.9 Å². The molecule has 13 heavy (non-hydrogen) atoms. The molecule has 2 rings (SSSR count). The second-order valence-electron chi connectivity index (χ2n) is 2.50. The van der Waals surface area contributed by atoms with Gasteiger partial charge in [0.2, 0.25) is 0 Å². The number of pyridine rings is 1. The van der Waals surface area contributed by atoms with Crippen molar-refractivity contribution in [1.29, 1.82) is 0 Å². The first-order valence-electron chi connectivity index (χ1n) is 3.60. The number of halogens is 1. The van der Waals surface area contributed by atoms with Crippen molar-refractivity contribution in [2.24, 2.45) is 0 Å². The lowest BCUT2D eigenvalue weighted by Crippen LogP contribution is -1.94. The van der Waals surface area contributed by atoms with Crippen LogP contribution in [0.1, 0.15) is 0 Å². The highest BCUT2D eigenvalue weighted by molar-refractivity contribution is 5.33. The normalized spacial score (nSPS) is 10.2. The molecule has 2 aromatic heterocycles. The molecule has 0 aliphatic carbocycles. The van der Waals surface area contributed by atoms with E-state index >= 15 is 0 Å². The second-order valence-corrected chi connectivity index (χ2v) is 2.50. The predicted octanol–water partition coefficient (Wildman–Crippen LogP) is 1.11.